The molecule has 0 aromatic rings. The number of amides is 2. The van der Waals surface area contributed by atoms with Crippen LogP contribution < -0.4 is 10.6 Å². The molecule has 12 heteroatoms. The van der Waals surface area contributed by atoms with Gasteiger partial charge in [0.25, 0.3) is 5.91 Å². The first-order valence-electron chi connectivity index (χ1n) is 15.7. The Balaban J connectivity index is 2.25. The van der Waals surface area contributed by atoms with Crippen LogP contribution in [0.3, 0.4) is 0 Å². The molecule has 2 aliphatic heterocycles. The largest absolute Gasteiger partial charge is 0.509 e. The van der Waals surface area contributed by atoms with Crippen molar-refractivity contribution in [3.8, 4) is 0 Å². The number of carbonyl (C=O) groups is 6. The lowest BCUT2D eigenvalue weighted by Crippen LogP contribution is -2.52. The van der Waals surface area contributed by atoms with E-state index in [1.54, 1.807) is 58.9 Å². The van der Waals surface area contributed by atoms with Gasteiger partial charge in [-0.1, -0.05) is 59.1 Å². The summed E-state index contributed by atoms with van der Waals surface area (Å²) >= 11 is 0. The smallest absolute Gasteiger partial charge is 0.461 e. The lowest BCUT2D eigenvalue weighted by atomic mass is 9.76. The molecule has 0 radical (unpaired) electrons. The highest BCUT2D eigenvalue weighted by molar-refractivity contribution is 5.99. The Morgan fingerprint density at radius 2 is 1.66 bits per heavy atom. The second-order valence-corrected chi connectivity index (χ2v) is 12.6. The van der Waals surface area contributed by atoms with Crippen LogP contribution in [-0.2, 0) is 38.1 Å². The van der Waals surface area contributed by atoms with Crippen LogP contribution in [-0.4, -0.2) is 66.1 Å². The van der Waals surface area contributed by atoms with E-state index in [0.717, 1.165) is 5.57 Å². The molecule has 7 atom stereocenters. The number of esters is 1. The quantitative estimate of drug-likeness (QED) is 0.113. The minimum atomic E-state index is -1.34. The Hall–Kier alpha value is -4.48. The molecule has 2 N–H and O–H groups in total. The summed E-state index contributed by atoms with van der Waals surface area (Å²) < 4.78 is 21.9. The van der Waals surface area contributed by atoms with Gasteiger partial charge in [-0.25, -0.2) is 9.59 Å². The molecule has 0 aromatic heterocycles. The van der Waals surface area contributed by atoms with Crippen molar-refractivity contribution in [3.63, 3.8) is 0 Å². The second kappa shape index (κ2) is 16.9. The summed E-state index contributed by atoms with van der Waals surface area (Å²) in [6.45, 7) is 18.1. The first kappa shape index (κ1) is 38.7. The molecular formula is C35H48N2O10. The summed E-state index contributed by atoms with van der Waals surface area (Å²) in [5.41, 5.74) is -1.48. The number of Topliss-reactive ketones (excluding diaryl/α,β-unsaturated/α-hetero) is 2. The summed E-state index contributed by atoms with van der Waals surface area (Å²) in [4.78, 5) is 76.8. The predicted molar refractivity (Wildman–Crippen MR) is 174 cm³/mol. The van der Waals surface area contributed by atoms with Gasteiger partial charge < -0.3 is 29.6 Å². The fraction of sp³-hybridized carbons (Fsp3) is 0.543. The van der Waals surface area contributed by atoms with Crippen molar-refractivity contribution < 1.29 is 47.7 Å². The van der Waals surface area contributed by atoms with Crippen molar-refractivity contribution in [2.45, 2.75) is 85.0 Å². The first-order chi connectivity index (χ1) is 22.0. The number of ketones is 2. The zero-order chi connectivity index (χ0) is 35.5. The van der Waals surface area contributed by atoms with Crippen LogP contribution in [0.25, 0.3) is 0 Å². The SMILES string of the molecule is C=CNC(=O)/C(C=C)=C/C=C(/C=C/COC(=O)O[C@]1(C)C[C@@H](C)C(=O)C(C)C2NC(=O)O[C@]2(C)COC(=O)[C@H](C)C(=O)[C@H](C)C1)CC. The number of hydrogen-bond donors (Lipinski definition) is 2. The molecule has 2 aliphatic rings. The van der Waals surface area contributed by atoms with Crippen molar-refractivity contribution in [2.75, 3.05) is 13.2 Å². The summed E-state index contributed by atoms with van der Waals surface area (Å²) in [6, 6.07) is -0.806. The first-order valence-corrected chi connectivity index (χ1v) is 15.7. The van der Waals surface area contributed by atoms with Crippen LogP contribution in [0.1, 0.15) is 67.7 Å². The molecule has 2 fully saturated rings. The molecule has 0 saturated carbocycles. The number of ether oxygens (including phenoxy) is 4. The minimum Gasteiger partial charge on any atom is -0.461 e. The van der Waals surface area contributed by atoms with E-state index in [1.807, 2.05) is 6.92 Å². The minimum absolute atomic E-state index is 0.0154. The van der Waals surface area contributed by atoms with Gasteiger partial charge in [-0.15, -0.1) is 0 Å². The fourth-order valence-electron chi connectivity index (χ4n) is 5.96. The van der Waals surface area contributed by atoms with Crippen LogP contribution in [0.2, 0.25) is 0 Å². The van der Waals surface area contributed by atoms with Crippen molar-refractivity contribution >= 4 is 35.7 Å². The maximum atomic E-state index is 13.6. The van der Waals surface area contributed by atoms with Gasteiger partial charge >= 0.3 is 18.2 Å². The Morgan fingerprint density at radius 1 is 1.02 bits per heavy atom. The Morgan fingerprint density at radius 3 is 2.26 bits per heavy atom. The number of fused-ring (bicyclic) bond motifs is 1. The third kappa shape index (κ3) is 10.5. The molecule has 258 valence electrons. The highest BCUT2D eigenvalue weighted by Gasteiger charge is 2.52. The van der Waals surface area contributed by atoms with Gasteiger partial charge in [-0.2, -0.15) is 0 Å². The normalized spacial score (nSPS) is 31.1. The van der Waals surface area contributed by atoms with Gasteiger partial charge in [-0.3, -0.25) is 19.2 Å². The summed E-state index contributed by atoms with van der Waals surface area (Å²) in [5.74, 6) is -5.08. The van der Waals surface area contributed by atoms with Crippen molar-refractivity contribution in [3.05, 3.63) is 60.9 Å². The molecule has 2 unspecified atom stereocenters. The molecule has 47 heavy (non-hydrogen) atoms. The van der Waals surface area contributed by atoms with Gasteiger partial charge in [-0.05, 0) is 64.0 Å². The van der Waals surface area contributed by atoms with Crippen LogP contribution in [0.15, 0.2) is 60.9 Å². The second-order valence-electron chi connectivity index (χ2n) is 12.6. The van der Waals surface area contributed by atoms with Crippen LogP contribution >= 0.6 is 0 Å². The molecule has 0 bridgehead atoms. The van der Waals surface area contributed by atoms with E-state index in [0.29, 0.717) is 12.0 Å². The highest BCUT2D eigenvalue weighted by Crippen LogP contribution is 2.35. The van der Waals surface area contributed by atoms with Crippen LogP contribution in [0.4, 0.5) is 9.59 Å². The predicted octanol–water partition coefficient (Wildman–Crippen LogP) is 5.05. The number of cyclic esters (lactones) is 1. The van der Waals surface area contributed by atoms with Gasteiger partial charge in [0.05, 0.1) is 6.04 Å². The number of carbonyl (C=O) groups excluding carboxylic acids is 6. The molecule has 0 aliphatic carbocycles. The molecule has 0 spiro atoms. The number of rotatable bonds is 9. The van der Waals surface area contributed by atoms with Gasteiger partial charge in [0, 0.05) is 23.3 Å². The van der Waals surface area contributed by atoms with Gasteiger partial charge in [0.15, 0.2) is 5.60 Å². The standard InChI is InChI=1S/C35H48N2O10/c1-10-25(15-16-26(11-2)30(40)36-12-3)14-13-17-44-33(43)47-34(8)18-21(4)27(38)23(6)29-35(9,46-32(42)37-29)20-45-31(41)24(7)28(39)22(5)19-34/h11-16,21-24,29H,2-3,10,17-20H2,1,4-9H3,(H,36,40)(H,37,42)/b14-13+,25-15+,26-16+/t21-,22-,23?,24-,29?,34-,35-/m1/s1. The zero-order valence-corrected chi connectivity index (χ0v) is 28.4. The Kier molecular flexibility index (Phi) is 13.9. The van der Waals surface area contributed by atoms with E-state index < -0.39 is 64.9 Å². The summed E-state index contributed by atoms with van der Waals surface area (Å²) in [5, 5.41) is 5.14. The third-order valence-corrected chi connectivity index (χ3v) is 8.49. The molecule has 2 heterocycles. The third-order valence-electron chi connectivity index (χ3n) is 8.49. The Bertz CT molecular complexity index is 1350. The van der Waals surface area contributed by atoms with E-state index in [4.69, 9.17) is 18.9 Å². The van der Waals surface area contributed by atoms with E-state index in [9.17, 15) is 28.8 Å². The van der Waals surface area contributed by atoms with Crippen LogP contribution in [0.5, 0.6) is 0 Å². The number of allylic oxidation sites excluding steroid dienone is 4. The lowest BCUT2D eigenvalue weighted by Gasteiger charge is -2.36. The summed E-state index contributed by atoms with van der Waals surface area (Å²) in [7, 11) is 0. The molecule has 0 aromatic carbocycles. The van der Waals surface area contributed by atoms with E-state index >= 15 is 0 Å². The van der Waals surface area contributed by atoms with Gasteiger partial charge in [0.1, 0.15) is 36.3 Å². The van der Waals surface area contributed by atoms with Gasteiger partial charge in [0.2, 0.25) is 0 Å². The maximum Gasteiger partial charge on any atom is 0.509 e. The van der Waals surface area contributed by atoms with E-state index in [1.165, 1.54) is 19.2 Å². The average molecular weight is 657 g/mol. The average Bonchev–Trinajstić information content (AvgIpc) is 3.32. The fourth-order valence-corrected chi connectivity index (χ4v) is 5.96. The summed E-state index contributed by atoms with van der Waals surface area (Å²) in [6.07, 6.45) is 8.34. The molecule has 2 saturated heterocycles. The topological polar surface area (TPSA) is 163 Å². The number of hydrogen-bond acceptors (Lipinski definition) is 10. The van der Waals surface area contributed by atoms with E-state index in [2.05, 4.69) is 23.8 Å². The molecule has 2 rings (SSSR count). The molecule has 2 amide bonds. The highest BCUT2D eigenvalue weighted by atomic mass is 16.7. The van der Waals surface area contributed by atoms with Crippen molar-refractivity contribution in [2.24, 2.45) is 23.7 Å². The van der Waals surface area contributed by atoms with E-state index in [-0.39, 0.29) is 37.7 Å². The monoisotopic (exact) mass is 656 g/mol. The maximum absolute atomic E-state index is 13.6. The van der Waals surface area contributed by atoms with Crippen molar-refractivity contribution in [1.82, 2.24) is 10.6 Å². The van der Waals surface area contributed by atoms with Crippen LogP contribution in [0, 0.1) is 23.7 Å². The van der Waals surface area contributed by atoms with Crippen molar-refractivity contribution in [1.29, 1.82) is 0 Å². The Labute approximate surface area is 276 Å². The lowest BCUT2D eigenvalue weighted by molar-refractivity contribution is -0.159. The molecular weight excluding hydrogens is 608 g/mol. The number of nitrogens with one attached hydrogen (secondary N) is 2. The molecule has 12 nitrogen and oxygen atoms in total. The number of alkyl carbamates (subject to hydrolysis) is 1. The zero-order valence-electron chi connectivity index (χ0n) is 28.4.